The Morgan fingerprint density at radius 2 is 2.00 bits per heavy atom. The minimum Gasteiger partial charge on any atom is -0.366 e. The monoisotopic (exact) mass is 280 g/mol. The number of rotatable bonds is 4. The molecule has 0 bridgehead atoms. The number of nitrogens with zero attached hydrogens (tertiary/aromatic N) is 5. The molecule has 3 aromatic heterocycles. The van der Waals surface area contributed by atoms with Crippen molar-refractivity contribution in [3.63, 3.8) is 0 Å². The molecule has 0 spiro atoms. The lowest BCUT2D eigenvalue weighted by molar-refractivity contribution is 0.925. The average Bonchev–Trinajstić information content (AvgIpc) is 2.92. The van der Waals surface area contributed by atoms with Crippen LogP contribution in [0.25, 0.3) is 5.82 Å². The highest BCUT2D eigenvalue weighted by Crippen LogP contribution is 2.10. The zero-order chi connectivity index (χ0) is 14.7. The molecule has 0 unspecified atom stereocenters. The highest BCUT2D eigenvalue weighted by atomic mass is 15.1. The molecule has 0 fully saturated rings. The largest absolute Gasteiger partial charge is 0.366 e. The normalized spacial score (nSPS) is 10.6. The number of pyridine rings is 1. The van der Waals surface area contributed by atoms with Crippen LogP contribution in [0, 0.1) is 13.8 Å². The molecule has 3 heterocycles. The van der Waals surface area contributed by atoms with Crippen LogP contribution in [0.4, 0.5) is 5.82 Å². The van der Waals surface area contributed by atoms with E-state index in [0.29, 0.717) is 6.54 Å². The van der Waals surface area contributed by atoms with Gasteiger partial charge in [0.05, 0.1) is 0 Å². The van der Waals surface area contributed by atoms with Crippen LogP contribution >= 0.6 is 0 Å². The number of hydrogen-bond acceptors (Lipinski definition) is 5. The van der Waals surface area contributed by atoms with E-state index in [2.05, 4.69) is 25.3 Å². The molecule has 6 heteroatoms. The molecule has 0 aromatic carbocycles. The maximum absolute atomic E-state index is 4.46. The molecular formula is C15H16N6. The van der Waals surface area contributed by atoms with E-state index < -0.39 is 0 Å². The van der Waals surface area contributed by atoms with Crippen molar-refractivity contribution >= 4 is 5.82 Å². The Balaban J connectivity index is 1.69. The summed E-state index contributed by atoms with van der Waals surface area (Å²) >= 11 is 0. The predicted octanol–water partition coefficient (Wildman–Crippen LogP) is 2.29. The molecule has 0 saturated heterocycles. The minimum absolute atomic E-state index is 0.673. The van der Waals surface area contributed by atoms with Gasteiger partial charge in [-0.3, -0.25) is 4.57 Å². The maximum atomic E-state index is 4.46. The molecule has 0 saturated carbocycles. The summed E-state index contributed by atoms with van der Waals surface area (Å²) in [7, 11) is 0. The Hall–Kier alpha value is -2.76. The van der Waals surface area contributed by atoms with Gasteiger partial charge in [0.25, 0.3) is 0 Å². The smallest absolute Gasteiger partial charge is 0.137 e. The summed E-state index contributed by atoms with van der Waals surface area (Å²) in [6, 6.07) is 5.94. The van der Waals surface area contributed by atoms with Crippen LogP contribution in [-0.4, -0.2) is 24.5 Å². The molecule has 0 aliphatic carbocycles. The highest BCUT2D eigenvalue weighted by molar-refractivity contribution is 5.36. The molecule has 1 N–H and O–H groups in total. The van der Waals surface area contributed by atoms with Gasteiger partial charge in [0, 0.05) is 36.9 Å². The molecule has 21 heavy (non-hydrogen) atoms. The quantitative estimate of drug-likeness (QED) is 0.794. The Bertz CT molecular complexity index is 732. The summed E-state index contributed by atoms with van der Waals surface area (Å²) in [4.78, 5) is 16.9. The van der Waals surface area contributed by atoms with Gasteiger partial charge in [-0.1, -0.05) is 6.07 Å². The molecule has 3 aromatic rings. The number of aryl methyl sites for hydroxylation is 2. The first kappa shape index (κ1) is 13.2. The fourth-order valence-corrected chi connectivity index (χ4v) is 2.03. The number of imidazole rings is 1. The van der Waals surface area contributed by atoms with Crippen molar-refractivity contribution in [1.29, 1.82) is 0 Å². The second kappa shape index (κ2) is 5.70. The van der Waals surface area contributed by atoms with Crippen LogP contribution in [0.15, 0.2) is 43.1 Å². The average molecular weight is 280 g/mol. The second-order valence-electron chi connectivity index (χ2n) is 4.77. The van der Waals surface area contributed by atoms with Crippen LogP contribution in [0.5, 0.6) is 0 Å². The highest BCUT2D eigenvalue weighted by Gasteiger charge is 2.02. The summed E-state index contributed by atoms with van der Waals surface area (Å²) in [5.41, 5.74) is 2.03. The Labute approximate surface area is 122 Å². The molecule has 0 radical (unpaired) electrons. The Morgan fingerprint density at radius 1 is 1.10 bits per heavy atom. The standard InChI is InChI=1S/C15H16N6/c1-11-7-14(20-10-19-11)17-8-13-3-4-15(18-9-13)21-6-5-16-12(21)2/h3-7,9-10H,8H2,1-2H3,(H,17,19,20). The van der Waals surface area contributed by atoms with Gasteiger partial charge in [-0.25, -0.2) is 19.9 Å². The van der Waals surface area contributed by atoms with Crippen molar-refractivity contribution in [1.82, 2.24) is 24.5 Å². The van der Waals surface area contributed by atoms with Crippen molar-refractivity contribution in [3.8, 4) is 5.82 Å². The van der Waals surface area contributed by atoms with Gasteiger partial charge in [-0.15, -0.1) is 0 Å². The van der Waals surface area contributed by atoms with Gasteiger partial charge in [0.2, 0.25) is 0 Å². The third-order valence-electron chi connectivity index (χ3n) is 3.16. The lowest BCUT2D eigenvalue weighted by atomic mass is 10.3. The number of nitrogens with one attached hydrogen (secondary N) is 1. The van der Waals surface area contributed by atoms with Crippen LogP contribution in [0.3, 0.4) is 0 Å². The van der Waals surface area contributed by atoms with Gasteiger partial charge in [0.15, 0.2) is 0 Å². The summed E-state index contributed by atoms with van der Waals surface area (Å²) in [5, 5.41) is 3.26. The lowest BCUT2D eigenvalue weighted by Gasteiger charge is -2.07. The summed E-state index contributed by atoms with van der Waals surface area (Å²) in [5.74, 6) is 2.61. The Morgan fingerprint density at radius 3 is 2.67 bits per heavy atom. The van der Waals surface area contributed by atoms with E-state index in [0.717, 1.165) is 28.7 Å². The molecule has 106 valence electrons. The van der Waals surface area contributed by atoms with E-state index in [1.165, 1.54) is 0 Å². The van der Waals surface area contributed by atoms with Gasteiger partial charge in [-0.05, 0) is 25.5 Å². The van der Waals surface area contributed by atoms with E-state index in [4.69, 9.17) is 0 Å². The van der Waals surface area contributed by atoms with E-state index in [-0.39, 0.29) is 0 Å². The molecule has 0 aliphatic heterocycles. The van der Waals surface area contributed by atoms with Crippen LogP contribution in [-0.2, 0) is 6.54 Å². The van der Waals surface area contributed by atoms with E-state index in [9.17, 15) is 0 Å². The first-order valence-electron chi connectivity index (χ1n) is 6.70. The number of hydrogen-bond donors (Lipinski definition) is 1. The van der Waals surface area contributed by atoms with Crippen molar-refractivity contribution in [2.75, 3.05) is 5.32 Å². The van der Waals surface area contributed by atoms with Gasteiger partial charge >= 0.3 is 0 Å². The number of anilines is 1. The first-order chi connectivity index (χ1) is 10.2. The molecule has 0 aliphatic rings. The van der Waals surface area contributed by atoms with E-state index in [1.54, 1.807) is 12.5 Å². The Kier molecular flexibility index (Phi) is 3.59. The first-order valence-corrected chi connectivity index (χ1v) is 6.70. The predicted molar refractivity (Wildman–Crippen MR) is 80.2 cm³/mol. The van der Waals surface area contributed by atoms with Crippen LogP contribution in [0.1, 0.15) is 17.1 Å². The SMILES string of the molecule is Cc1cc(NCc2ccc(-n3ccnc3C)nc2)ncn1. The van der Waals surface area contributed by atoms with E-state index >= 15 is 0 Å². The molecular weight excluding hydrogens is 264 g/mol. The summed E-state index contributed by atoms with van der Waals surface area (Å²) in [6.45, 7) is 4.57. The van der Waals surface area contributed by atoms with Crippen LogP contribution in [0.2, 0.25) is 0 Å². The molecule has 0 atom stereocenters. The maximum Gasteiger partial charge on any atom is 0.137 e. The molecule has 0 amide bonds. The van der Waals surface area contributed by atoms with E-state index in [1.807, 2.05) is 49.0 Å². The lowest BCUT2D eigenvalue weighted by Crippen LogP contribution is -2.04. The topological polar surface area (TPSA) is 68.5 Å². The number of aromatic nitrogens is 5. The third kappa shape index (κ3) is 3.05. The fraction of sp³-hybridized carbons (Fsp3) is 0.200. The fourth-order valence-electron chi connectivity index (χ4n) is 2.03. The second-order valence-corrected chi connectivity index (χ2v) is 4.77. The molecule has 3 rings (SSSR count). The molecule has 6 nitrogen and oxygen atoms in total. The zero-order valence-corrected chi connectivity index (χ0v) is 12.0. The minimum atomic E-state index is 0.673. The van der Waals surface area contributed by atoms with Crippen molar-refractivity contribution in [2.24, 2.45) is 0 Å². The third-order valence-corrected chi connectivity index (χ3v) is 3.16. The van der Waals surface area contributed by atoms with Crippen molar-refractivity contribution in [2.45, 2.75) is 20.4 Å². The zero-order valence-electron chi connectivity index (χ0n) is 12.0. The summed E-state index contributed by atoms with van der Waals surface area (Å²) < 4.78 is 1.95. The van der Waals surface area contributed by atoms with Crippen molar-refractivity contribution < 1.29 is 0 Å². The van der Waals surface area contributed by atoms with Gasteiger partial charge in [-0.2, -0.15) is 0 Å². The van der Waals surface area contributed by atoms with Crippen molar-refractivity contribution in [3.05, 3.63) is 60.2 Å². The van der Waals surface area contributed by atoms with Gasteiger partial charge in [0.1, 0.15) is 23.8 Å². The van der Waals surface area contributed by atoms with Gasteiger partial charge < -0.3 is 5.32 Å². The van der Waals surface area contributed by atoms with Crippen LogP contribution < -0.4 is 5.32 Å². The summed E-state index contributed by atoms with van der Waals surface area (Å²) in [6.07, 6.45) is 7.08.